The Kier molecular flexibility index (Phi) is 5.24. The van der Waals surface area contributed by atoms with Crippen LogP contribution < -0.4 is 0 Å². The molecular formula is C16H19F3N2O. The highest BCUT2D eigenvalue weighted by molar-refractivity contribution is 5.91. The fraction of sp³-hybridized carbons (Fsp3) is 0.438. The van der Waals surface area contributed by atoms with Crippen molar-refractivity contribution in [1.29, 1.82) is 0 Å². The Morgan fingerprint density at radius 1 is 1.14 bits per heavy atom. The zero-order valence-corrected chi connectivity index (χ0v) is 12.4. The van der Waals surface area contributed by atoms with Crippen LogP contribution in [0.3, 0.4) is 0 Å². The third kappa shape index (κ3) is 4.34. The zero-order chi connectivity index (χ0) is 16.2. The number of amides is 1. The van der Waals surface area contributed by atoms with Crippen molar-refractivity contribution in [2.75, 3.05) is 32.7 Å². The summed E-state index contributed by atoms with van der Waals surface area (Å²) in [5, 5.41) is 0. The lowest BCUT2D eigenvalue weighted by atomic mass is 10.1. The van der Waals surface area contributed by atoms with E-state index in [1.54, 1.807) is 11.0 Å². The number of hydrogen-bond donors (Lipinski definition) is 0. The molecule has 0 radical (unpaired) electrons. The number of likely N-dealkylation sites (N-methyl/N-ethyl adjacent to an activating group) is 1. The minimum absolute atomic E-state index is 0.101. The summed E-state index contributed by atoms with van der Waals surface area (Å²) in [6.07, 6.45) is -1.37. The molecule has 1 fully saturated rings. The largest absolute Gasteiger partial charge is 0.416 e. The molecule has 0 spiro atoms. The molecule has 1 amide bonds. The van der Waals surface area contributed by atoms with Crippen LogP contribution in [0, 0.1) is 0 Å². The summed E-state index contributed by atoms with van der Waals surface area (Å²) < 4.78 is 37.4. The molecule has 0 saturated carbocycles. The molecule has 120 valence electrons. The summed E-state index contributed by atoms with van der Waals surface area (Å²) in [5.74, 6) is -0.101. The molecule has 1 saturated heterocycles. The topological polar surface area (TPSA) is 23.6 Å². The Bertz CT molecular complexity index is 529. The van der Waals surface area contributed by atoms with Crippen LogP contribution in [0.2, 0.25) is 0 Å². The van der Waals surface area contributed by atoms with E-state index in [-0.39, 0.29) is 5.91 Å². The van der Waals surface area contributed by atoms with Gasteiger partial charge in [0.1, 0.15) is 0 Å². The first-order valence-corrected chi connectivity index (χ1v) is 7.26. The second-order valence-corrected chi connectivity index (χ2v) is 5.21. The molecule has 1 aromatic rings. The van der Waals surface area contributed by atoms with Crippen molar-refractivity contribution in [2.45, 2.75) is 13.1 Å². The highest BCUT2D eigenvalue weighted by Crippen LogP contribution is 2.29. The minimum Gasteiger partial charge on any atom is -0.337 e. The Hall–Kier alpha value is -1.82. The number of benzene rings is 1. The van der Waals surface area contributed by atoms with E-state index >= 15 is 0 Å². The molecule has 0 aliphatic carbocycles. The lowest BCUT2D eigenvalue weighted by Crippen LogP contribution is -2.48. The summed E-state index contributed by atoms with van der Waals surface area (Å²) in [6.45, 7) is 6.15. The first-order valence-electron chi connectivity index (χ1n) is 7.26. The molecule has 6 heteroatoms. The smallest absolute Gasteiger partial charge is 0.337 e. The van der Waals surface area contributed by atoms with Crippen molar-refractivity contribution in [3.63, 3.8) is 0 Å². The fourth-order valence-electron chi connectivity index (χ4n) is 2.34. The Labute approximate surface area is 128 Å². The van der Waals surface area contributed by atoms with Gasteiger partial charge in [0.2, 0.25) is 5.91 Å². The van der Waals surface area contributed by atoms with Gasteiger partial charge < -0.3 is 9.80 Å². The van der Waals surface area contributed by atoms with Gasteiger partial charge >= 0.3 is 6.18 Å². The number of carbonyl (C=O) groups excluding carboxylic acids is 1. The van der Waals surface area contributed by atoms with Crippen LogP contribution in [-0.4, -0.2) is 48.4 Å². The number of nitrogens with zero attached hydrogens (tertiary/aromatic N) is 2. The average molecular weight is 312 g/mol. The second-order valence-electron chi connectivity index (χ2n) is 5.21. The predicted octanol–water partition coefficient (Wildman–Crippen LogP) is 2.88. The van der Waals surface area contributed by atoms with Crippen LogP contribution in [0.25, 0.3) is 6.08 Å². The van der Waals surface area contributed by atoms with E-state index in [9.17, 15) is 18.0 Å². The van der Waals surface area contributed by atoms with Gasteiger partial charge in [-0.1, -0.05) is 19.1 Å². The Balaban J connectivity index is 1.93. The van der Waals surface area contributed by atoms with Crippen LogP contribution in [0.15, 0.2) is 30.3 Å². The molecule has 1 aliphatic rings. The van der Waals surface area contributed by atoms with Crippen molar-refractivity contribution in [3.05, 3.63) is 41.5 Å². The summed E-state index contributed by atoms with van der Waals surface area (Å²) in [7, 11) is 0. The van der Waals surface area contributed by atoms with Gasteiger partial charge in [0.25, 0.3) is 0 Å². The molecule has 22 heavy (non-hydrogen) atoms. The SMILES string of the molecule is CCN1CCN(C(=O)/C=C/c2ccc(C(F)(F)F)cc2)CC1. The van der Waals surface area contributed by atoms with E-state index in [0.717, 1.165) is 31.8 Å². The summed E-state index contributed by atoms with van der Waals surface area (Å²) in [5.41, 5.74) is -0.111. The van der Waals surface area contributed by atoms with Crippen molar-refractivity contribution in [3.8, 4) is 0 Å². The van der Waals surface area contributed by atoms with Crippen molar-refractivity contribution >= 4 is 12.0 Å². The molecular weight excluding hydrogens is 293 g/mol. The van der Waals surface area contributed by atoms with Crippen molar-refractivity contribution < 1.29 is 18.0 Å². The number of rotatable bonds is 3. The summed E-state index contributed by atoms with van der Waals surface area (Å²) in [6, 6.07) is 4.76. The minimum atomic E-state index is -4.34. The van der Waals surface area contributed by atoms with Crippen LogP contribution in [-0.2, 0) is 11.0 Å². The normalized spacial score (nSPS) is 17.2. The molecule has 0 unspecified atom stereocenters. The Morgan fingerprint density at radius 3 is 2.23 bits per heavy atom. The van der Waals surface area contributed by atoms with Gasteiger partial charge in [0.05, 0.1) is 5.56 Å². The maximum Gasteiger partial charge on any atom is 0.416 e. The molecule has 0 bridgehead atoms. The first-order chi connectivity index (χ1) is 10.4. The zero-order valence-electron chi connectivity index (χ0n) is 12.4. The van der Waals surface area contributed by atoms with Gasteiger partial charge in [-0.2, -0.15) is 13.2 Å². The van der Waals surface area contributed by atoms with E-state index in [2.05, 4.69) is 11.8 Å². The van der Waals surface area contributed by atoms with E-state index in [1.807, 2.05) is 0 Å². The number of alkyl halides is 3. The van der Waals surface area contributed by atoms with E-state index in [4.69, 9.17) is 0 Å². The number of piperazine rings is 1. The predicted molar refractivity (Wildman–Crippen MR) is 79.2 cm³/mol. The maximum absolute atomic E-state index is 12.5. The van der Waals surface area contributed by atoms with E-state index in [1.165, 1.54) is 18.2 Å². The van der Waals surface area contributed by atoms with Gasteiger partial charge in [-0.3, -0.25) is 4.79 Å². The maximum atomic E-state index is 12.5. The highest BCUT2D eigenvalue weighted by Gasteiger charge is 2.29. The molecule has 1 aromatic carbocycles. The quantitative estimate of drug-likeness (QED) is 0.801. The second kappa shape index (κ2) is 6.96. The van der Waals surface area contributed by atoms with E-state index < -0.39 is 11.7 Å². The highest BCUT2D eigenvalue weighted by atomic mass is 19.4. The van der Waals surface area contributed by atoms with Gasteiger partial charge in [-0.05, 0) is 30.3 Å². The molecule has 3 nitrogen and oxygen atoms in total. The molecule has 0 aromatic heterocycles. The Morgan fingerprint density at radius 2 is 1.73 bits per heavy atom. The third-order valence-electron chi connectivity index (χ3n) is 3.79. The van der Waals surface area contributed by atoms with Crippen LogP contribution in [0.1, 0.15) is 18.1 Å². The molecule has 1 aliphatic heterocycles. The third-order valence-corrected chi connectivity index (χ3v) is 3.79. The van der Waals surface area contributed by atoms with Crippen LogP contribution in [0.4, 0.5) is 13.2 Å². The number of hydrogen-bond acceptors (Lipinski definition) is 2. The molecule has 0 N–H and O–H groups in total. The van der Waals surface area contributed by atoms with Gasteiger partial charge in [0.15, 0.2) is 0 Å². The lowest BCUT2D eigenvalue weighted by Gasteiger charge is -2.33. The molecule has 0 atom stereocenters. The van der Waals surface area contributed by atoms with Gasteiger partial charge in [-0.15, -0.1) is 0 Å². The average Bonchev–Trinajstić information content (AvgIpc) is 2.52. The number of carbonyl (C=O) groups is 1. The summed E-state index contributed by atoms with van der Waals surface area (Å²) >= 11 is 0. The molecule has 2 rings (SSSR count). The first kappa shape index (κ1) is 16.5. The van der Waals surface area contributed by atoms with Gasteiger partial charge in [0, 0.05) is 32.3 Å². The van der Waals surface area contributed by atoms with Gasteiger partial charge in [-0.25, -0.2) is 0 Å². The van der Waals surface area contributed by atoms with Crippen LogP contribution in [0.5, 0.6) is 0 Å². The molecule has 1 heterocycles. The summed E-state index contributed by atoms with van der Waals surface area (Å²) in [4.78, 5) is 16.1. The van der Waals surface area contributed by atoms with Crippen molar-refractivity contribution in [1.82, 2.24) is 9.80 Å². The fourth-order valence-corrected chi connectivity index (χ4v) is 2.34. The number of halogens is 3. The van der Waals surface area contributed by atoms with E-state index in [0.29, 0.717) is 18.7 Å². The lowest BCUT2D eigenvalue weighted by molar-refractivity contribution is -0.137. The monoisotopic (exact) mass is 312 g/mol. The standard InChI is InChI=1S/C16H19F3N2O/c1-2-20-9-11-21(12-10-20)15(22)8-5-13-3-6-14(7-4-13)16(17,18)19/h3-8H,2,9-12H2,1H3/b8-5+. The van der Waals surface area contributed by atoms with Crippen LogP contribution >= 0.6 is 0 Å². The van der Waals surface area contributed by atoms with Crippen molar-refractivity contribution in [2.24, 2.45) is 0 Å².